The Kier molecular flexibility index (Phi) is 9.64. The molecule has 2 aromatic rings. The monoisotopic (exact) mass is 497 g/mol. The van der Waals surface area contributed by atoms with Crippen LogP contribution >= 0.6 is 11.3 Å². The van der Waals surface area contributed by atoms with Gasteiger partial charge in [-0.25, -0.2) is 4.79 Å². The number of benzene rings is 1. The van der Waals surface area contributed by atoms with Crippen LogP contribution in [-0.2, 0) is 16.1 Å². The van der Waals surface area contributed by atoms with Gasteiger partial charge in [-0.1, -0.05) is 6.07 Å². The SMILES string of the molecule is CCOC(=O)C(C#N)=c1sc(=CNc2cccc(C(=O)NCCCN3CCCC3)c2)c(=O)n1CC. The lowest BCUT2D eigenvalue weighted by Crippen LogP contribution is -2.32. The molecule has 0 spiro atoms. The van der Waals surface area contributed by atoms with Crippen LogP contribution in [0.3, 0.4) is 0 Å². The standard InChI is InChI=1S/C25H31N5O4S/c1-3-30-23(32)21(35-24(30)20(16-26)25(33)34-4-2)17-28-19-10-7-9-18(15-19)22(31)27-11-8-14-29-12-5-6-13-29/h7,9-10,15,17,28H,3-6,8,11-14H2,1-2H3,(H,27,31). The maximum Gasteiger partial charge on any atom is 0.351 e. The zero-order valence-corrected chi connectivity index (χ0v) is 21.0. The smallest absolute Gasteiger partial charge is 0.351 e. The van der Waals surface area contributed by atoms with Crippen LogP contribution in [0.25, 0.3) is 11.8 Å². The molecule has 1 fully saturated rings. The second-order valence-electron chi connectivity index (χ2n) is 8.06. The maximum atomic E-state index is 12.8. The van der Waals surface area contributed by atoms with Gasteiger partial charge < -0.3 is 20.3 Å². The van der Waals surface area contributed by atoms with Crippen LogP contribution in [0, 0.1) is 11.3 Å². The fraction of sp³-hybridized carbons (Fsp3) is 0.440. The fourth-order valence-corrected chi connectivity index (χ4v) is 4.97. The molecule has 186 valence electrons. The van der Waals surface area contributed by atoms with Gasteiger partial charge >= 0.3 is 5.97 Å². The second kappa shape index (κ2) is 12.9. The number of amides is 1. The van der Waals surface area contributed by atoms with Crippen molar-refractivity contribution < 1.29 is 14.3 Å². The minimum atomic E-state index is -0.753. The number of hydrogen-bond donors (Lipinski definition) is 2. The summed E-state index contributed by atoms with van der Waals surface area (Å²) < 4.78 is 6.91. The average Bonchev–Trinajstić information content (AvgIpc) is 3.49. The molecule has 0 atom stereocenters. The van der Waals surface area contributed by atoms with Gasteiger partial charge in [-0.15, -0.1) is 11.3 Å². The summed E-state index contributed by atoms with van der Waals surface area (Å²) in [5.74, 6) is -0.901. The van der Waals surface area contributed by atoms with Crippen molar-refractivity contribution in [2.75, 3.05) is 38.1 Å². The molecule has 35 heavy (non-hydrogen) atoms. The minimum absolute atomic E-state index is 0.134. The normalized spacial score (nSPS) is 14.9. The third kappa shape index (κ3) is 6.81. The fourth-order valence-electron chi connectivity index (χ4n) is 3.89. The summed E-state index contributed by atoms with van der Waals surface area (Å²) in [4.78, 5) is 39.9. The predicted molar refractivity (Wildman–Crippen MR) is 136 cm³/mol. The molecular weight excluding hydrogens is 466 g/mol. The molecular formula is C25H31N5O4S. The Morgan fingerprint density at radius 2 is 2.03 bits per heavy atom. The number of likely N-dealkylation sites (tertiary alicyclic amines) is 1. The van der Waals surface area contributed by atoms with Crippen molar-refractivity contribution in [2.45, 2.75) is 39.7 Å². The Hall–Kier alpha value is -3.42. The van der Waals surface area contributed by atoms with E-state index in [0.717, 1.165) is 37.4 Å². The summed E-state index contributed by atoms with van der Waals surface area (Å²) in [7, 11) is 0. The van der Waals surface area contributed by atoms with E-state index < -0.39 is 5.97 Å². The summed E-state index contributed by atoms with van der Waals surface area (Å²) in [6, 6.07) is 8.87. The lowest BCUT2D eigenvalue weighted by molar-refractivity contribution is -0.136. The van der Waals surface area contributed by atoms with Gasteiger partial charge in [-0.05, 0) is 70.9 Å². The first-order valence-corrected chi connectivity index (χ1v) is 12.7. The molecule has 10 heteroatoms. The second-order valence-corrected chi connectivity index (χ2v) is 9.09. The summed E-state index contributed by atoms with van der Waals surface area (Å²) >= 11 is 1.04. The highest BCUT2D eigenvalue weighted by Gasteiger charge is 2.16. The van der Waals surface area contributed by atoms with Crippen molar-refractivity contribution in [1.82, 2.24) is 14.8 Å². The van der Waals surface area contributed by atoms with E-state index in [1.807, 2.05) is 6.07 Å². The van der Waals surface area contributed by atoms with E-state index in [1.54, 1.807) is 38.1 Å². The molecule has 3 rings (SSSR count). The number of nitrogens with one attached hydrogen (secondary N) is 2. The van der Waals surface area contributed by atoms with Crippen LogP contribution in [0.2, 0.25) is 0 Å². The molecule has 1 aliphatic heterocycles. The highest BCUT2D eigenvalue weighted by atomic mass is 32.1. The van der Waals surface area contributed by atoms with Crippen molar-refractivity contribution in [1.29, 1.82) is 5.26 Å². The molecule has 1 aromatic carbocycles. The van der Waals surface area contributed by atoms with Gasteiger partial charge in [-0.2, -0.15) is 5.26 Å². The van der Waals surface area contributed by atoms with Gasteiger partial charge in [-0.3, -0.25) is 14.2 Å². The highest BCUT2D eigenvalue weighted by Crippen LogP contribution is 2.11. The number of nitriles is 1. The largest absolute Gasteiger partial charge is 0.462 e. The number of nitrogens with zero attached hydrogens (tertiary/aromatic N) is 3. The molecule has 1 saturated heterocycles. The molecule has 0 bridgehead atoms. The molecule has 1 amide bonds. The number of carbonyl (C=O) groups excluding carboxylic acids is 2. The lowest BCUT2D eigenvalue weighted by atomic mass is 10.2. The van der Waals surface area contributed by atoms with E-state index in [0.29, 0.717) is 28.9 Å². The number of hydrogen-bond acceptors (Lipinski definition) is 8. The van der Waals surface area contributed by atoms with Gasteiger partial charge in [0.05, 0.1) is 6.61 Å². The van der Waals surface area contributed by atoms with Crippen molar-refractivity contribution in [3.05, 3.63) is 49.4 Å². The molecule has 0 aliphatic carbocycles. The highest BCUT2D eigenvalue weighted by molar-refractivity contribution is 7.07. The minimum Gasteiger partial charge on any atom is -0.462 e. The Labute approximate surface area is 208 Å². The van der Waals surface area contributed by atoms with E-state index in [9.17, 15) is 19.6 Å². The van der Waals surface area contributed by atoms with E-state index in [4.69, 9.17) is 4.74 Å². The van der Waals surface area contributed by atoms with E-state index >= 15 is 0 Å². The third-order valence-corrected chi connectivity index (χ3v) is 6.79. The average molecular weight is 498 g/mol. The van der Waals surface area contributed by atoms with Crippen molar-refractivity contribution in [3.63, 3.8) is 0 Å². The maximum absolute atomic E-state index is 12.8. The van der Waals surface area contributed by atoms with Gasteiger partial charge in [0, 0.05) is 30.5 Å². The molecule has 2 N–H and O–H groups in total. The summed E-state index contributed by atoms with van der Waals surface area (Å²) in [6.45, 7) is 7.76. The van der Waals surface area contributed by atoms with E-state index in [2.05, 4.69) is 15.5 Å². The predicted octanol–water partition coefficient (Wildman–Crippen LogP) is 1.23. The van der Waals surface area contributed by atoms with E-state index in [1.165, 1.54) is 23.6 Å². The first-order valence-electron chi connectivity index (χ1n) is 11.9. The Balaban J connectivity index is 1.73. The van der Waals surface area contributed by atoms with Gasteiger partial charge in [0.25, 0.3) is 11.5 Å². The van der Waals surface area contributed by atoms with E-state index in [-0.39, 0.29) is 28.3 Å². The Bertz CT molecular complexity index is 1270. The van der Waals surface area contributed by atoms with Crippen LogP contribution in [0.1, 0.15) is 43.5 Å². The first-order chi connectivity index (χ1) is 17.0. The van der Waals surface area contributed by atoms with Crippen LogP contribution in [0.4, 0.5) is 5.69 Å². The van der Waals surface area contributed by atoms with Crippen molar-refractivity contribution in [3.8, 4) is 6.07 Å². The van der Waals surface area contributed by atoms with Crippen molar-refractivity contribution >= 4 is 40.7 Å². The summed E-state index contributed by atoms with van der Waals surface area (Å²) in [5.41, 5.74) is 0.648. The Morgan fingerprint density at radius 1 is 1.26 bits per heavy atom. The number of thiazole rings is 1. The van der Waals surface area contributed by atoms with Crippen LogP contribution in [-0.4, -0.2) is 54.1 Å². The number of anilines is 1. The molecule has 9 nitrogen and oxygen atoms in total. The topological polar surface area (TPSA) is 116 Å². The van der Waals surface area contributed by atoms with Crippen molar-refractivity contribution in [2.24, 2.45) is 0 Å². The molecule has 1 aliphatic rings. The summed E-state index contributed by atoms with van der Waals surface area (Å²) in [5, 5.41) is 15.5. The quantitative estimate of drug-likeness (QED) is 0.375. The zero-order valence-electron chi connectivity index (χ0n) is 20.1. The molecule has 1 aromatic heterocycles. The number of aromatic nitrogens is 1. The van der Waals surface area contributed by atoms with Crippen LogP contribution in [0.15, 0.2) is 29.1 Å². The van der Waals surface area contributed by atoms with Crippen LogP contribution < -0.4 is 25.4 Å². The molecule has 0 unspecified atom stereocenters. The van der Waals surface area contributed by atoms with Gasteiger partial charge in [0.15, 0.2) is 5.57 Å². The third-order valence-electron chi connectivity index (χ3n) is 5.66. The molecule has 0 radical (unpaired) electrons. The van der Waals surface area contributed by atoms with Gasteiger partial charge in [0.2, 0.25) is 0 Å². The molecule has 2 heterocycles. The van der Waals surface area contributed by atoms with Crippen LogP contribution in [0.5, 0.6) is 0 Å². The lowest BCUT2D eigenvalue weighted by Gasteiger charge is -2.14. The summed E-state index contributed by atoms with van der Waals surface area (Å²) in [6.07, 6.45) is 4.95. The molecule has 0 saturated carbocycles. The number of esters is 1. The zero-order chi connectivity index (χ0) is 25.2. The number of ether oxygens (including phenoxy) is 1. The number of rotatable bonds is 10. The first kappa shape index (κ1) is 26.2. The number of carbonyl (C=O) groups is 2. The van der Waals surface area contributed by atoms with Gasteiger partial charge in [0.1, 0.15) is 15.3 Å². The Morgan fingerprint density at radius 3 is 2.71 bits per heavy atom.